The molecule has 0 saturated carbocycles. The van der Waals surface area contributed by atoms with Crippen LogP contribution in [0.25, 0.3) is 6.08 Å². The molecule has 2 nitrogen and oxygen atoms in total. The average Bonchev–Trinajstić information content (AvgIpc) is 2.30. The van der Waals surface area contributed by atoms with Gasteiger partial charge in [0, 0.05) is 6.04 Å². The second-order valence-electron chi connectivity index (χ2n) is 3.68. The van der Waals surface area contributed by atoms with Gasteiger partial charge in [-0.1, -0.05) is 12.2 Å². The lowest BCUT2D eigenvalue weighted by Gasteiger charge is -2.09. The smallest absolute Gasteiger partial charge is 0.147 e. The van der Waals surface area contributed by atoms with Crippen molar-refractivity contribution in [2.24, 2.45) is 0 Å². The molecule has 0 bridgehead atoms. The molecule has 17 heavy (non-hydrogen) atoms. The summed E-state index contributed by atoms with van der Waals surface area (Å²) >= 11 is 7.04. The van der Waals surface area contributed by atoms with E-state index in [4.69, 9.17) is 4.74 Å². The highest BCUT2D eigenvalue weighted by molar-refractivity contribution is 9.11. The molecule has 0 aliphatic heterocycles. The van der Waals surface area contributed by atoms with E-state index in [2.05, 4.69) is 68.4 Å². The van der Waals surface area contributed by atoms with Gasteiger partial charge in [0.05, 0.1) is 15.6 Å². The summed E-state index contributed by atoms with van der Waals surface area (Å²) in [5, 5.41) is 3.16. The van der Waals surface area contributed by atoms with Crippen LogP contribution in [-0.2, 0) is 0 Å². The van der Waals surface area contributed by atoms with Gasteiger partial charge < -0.3 is 10.1 Å². The largest absolute Gasteiger partial charge is 0.492 e. The summed E-state index contributed by atoms with van der Waals surface area (Å²) < 4.78 is 7.47. The van der Waals surface area contributed by atoms with Crippen molar-refractivity contribution in [2.75, 3.05) is 13.7 Å². The molecule has 4 heteroatoms. The van der Waals surface area contributed by atoms with Crippen molar-refractivity contribution in [2.45, 2.75) is 19.9 Å². The highest BCUT2D eigenvalue weighted by Crippen LogP contribution is 2.35. The first-order valence-corrected chi connectivity index (χ1v) is 7.14. The maximum Gasteiger partial charge on any atom is 0.147 e. The molecule has 0 heterocycles. The molecule has 1 atom stereocenters. The Morgan fingerprint density at radius 3 is 2.41 bits per heavy atom. The van der Waals surface area contributed by atoms with Gasteiger partial charge in [-0.25, -0.2) is 0 Å². The van der Waals surface area contributed by atoms with Gasteiger partial charge in [0.2, 0.25) is 0 Å². The van der Waals surface area contributed by atoms with Gasteiger partial charge in [0.25, 0.3) is 0 Å². The van der Waals surface area contributed by atoms with Gasteiger partial charge in [-0.3, -0.25) is 0 Å². The molecule has 1 rings (SSSR count). The monoisotopic (exact) mass is 361 g/mol. The number of ether oxygens (including phenoxy) is 1. The van der Waals surface area contributed by atoms with Crippen LogP contribution in [0, 0.1) is 0 Å². The van der Waals surface area contributed by atoms with E-state index in [1.165, 1.54) is 0 Å². The molecule has 1 N–H and O–H groups in total. The van der Waals surface area contributed by atoms with Crippen molar-refractivity contribution in [1.29, 1.82) is 0 Å². The van der Waals surface area contributed by atoms with E-state index in [1.807, 2.05) is 14.0 Å². The van der Waals surface area contributed by atoms with Gasteiger partial charge in [0.1, 0.15) is 5.75 Å². The Bertz CT molecular complexity index is 381. The fourth-order valence-corrected chi connectivity index (χ4v) is 2.76. The minimum absolute atomic E-state index is 0.360. The van der Waals surface area contributed by atoms with Crippen LogP contribution < -0.4 is 10.1 Å². The van der Waals surface area contributed by atoms with Crippen molar-refractivity contribution >= 4 is 37.9 Å². The van der Waals surface area contributed by atoms with Crippen LogP contribution >= 0.6 is 31.9 Å². The van der Waals surface area contributed by atoms with Crippen LogP contribution in [0.3, 0.4) is 0 Å². The Kier molecular flexibility index (Phi) is 6.23. The number of rotatable bonds is 5. The zero-order valence-corrected chi connectivity index (χ0v) is 13.4. The first-order valence-electron chi connectivity index (χ1n) is 5.55. The van der Waals surface area contributed by atoms with E-state index >= 15 is 0 Å². The second kappa shape index (κ2) is 7.19. The summed E-state index contributed by atoms with van der Waals surface area (Å²) in [6.07, 6.45) is 4.21. The van der Waals surface area contributed by atoms with E-state index in [9.17, 15) is 0 Å². The maximum absolute atomic E-state index is 5.54. The van der Waals surface area contributed by atoms with E-state index < -0.39 is 0 Å². The molecule has 0 saturated heterocycles. The molecule has 0 spiro atoms. The van der Waals surface area contributed by atoms with Gasteiger partial charge in [-0.15, -0.1) is 0 Å². The van der Waals surface area contributed by atoms with Crippen molar-refractivity contribution in [3.8, 4) is 5.75 Å². The molecule has 94 valence electrons. The van der Waals surface area contributed by atoms with Crippen molar-refractivity contribution in [3.63, 3.8) is 0 Å². The van der Waals surface area contributed by atoms with Crippen LogP contribution in [0.4, 0.5) is 0 Å². The predicted molar refractivity (Wildman–Crippen MR) is 80.6 cm³/mol. The Hall–Kier alpha value is -0.320. The third kappa shape index (κ3) is 4.45. The Morgan fingerprint density at radius 2 is 1.94 bits per heavy atom. The molecule has 0 aliphatic rings. The predicted octanol–water partition coefficient (Wildman–Crippen LogP) is 4.23. The van der Waals surface area contributed by atoms with Crippen LogP contribution in [0.2, 0.25) is 0 Å². The van der Waals surface area contributed by atoms with Crippen LogP contribution in [0.5, 0.6) is 5.75 Å². The van der Waals surface area contributed by atoms with Crippen molar-refractivity contribution in [3.05, 3.63) is 32.7 Å². The molecular formula is C13H17Br2NO. The number of hydrogen-bond donors (Lipinski definition) is 1. The second-order valence-corrected chi connectivity index (χ2v) is 5.39. The Labute approximate surface area is 120 Å². The molecule has 0 aromatic heterocycles. The fraction of sp³-hybridized carbons (Fsp3) is 0.385. The first kappa shape index (κ1) is 14.7. The normalized spacial score (nSPS) is 13.0. The molecule has 1 unspecified atom stereocenters. The minimum Gasteiger partial charge on any atom is -0.492 e. The summed E-state index contributed by atoms with van der Waals surface area (Å²) in [5.74, 6) is 0.853. The summed E-state index contributed by atoms with van der Waals surface area (Å²) in [6.45, 7) is 4.74. The molecule has 0 aliphatic carbocycles. The van der Waals surface area contributed by atoms with Crippen LogP contribution in [0.15, 0.2) is 27.2 Å². The van der Waals surface area contributed by atoms with Gasteiger partial charge in [0.15, 0.2) is 0 Å². The third-order valence-electron chi connectivity index (χ3n) is 2.34. The molecule has 0 fully saturated rings. The van der Waals surface area contributed by atoms with E-state index in [0.29, 0.717) is 12.6 Å². The van der Waals surface area contributed by atoms with Crippen LogP contribution in [0.1, 0.15) is 19.4 Å². The molecular weight excluding hydrogens is 346 g/mol. The lowest BCUT2D eigenvalue weighted by molar-refractivity contribution is 0.336. The number of hydrogen-bond acceptors (Lipinski definition) is 2. The van der Waals surface area contributed by atoms with Crippen LogP contribution in [-0.4, -0.2) is 19.7 Å². The lowest BCUT2D eigenvalue weighted by atomic mass is 10.2. The molecule has 1 aromatic carbocycles. The quantitative estimate of drug-likeness (QED) is 0.846. The highest BCUT2D eigenvalue weighted by atomic mass is 79.9. The summed E-state index contributed by atoms with van der Waals surface area (Å²) in [7, 11) is 1.94. The SMILES string of the molecule is CCOc1c(Br)cc(/C=C/C(C)NC)cc1Br. The van der Waals surface area contributed by atoms with Crippen molar-refractivity contribution < 1.29 is 4.74 Å². The zero-order valence-electron chi connectivity index (χ0n) is 10.3. The molecule has 0 radical (unpaired) electrons. The summed E-state index contributed by atoms with van der Waals surface area (Å²) in [6, 6.07) is 4.46. The number of halogens is 2. The highest BCUT2D eigenvalue weighted by Gasteiger charge is 2.07. The molecule has 1 aromatic rings. The minimum atomic E-state index is 0.360. The van der Waals surface area contributed by atoms with Crippen molar-refractivity contribution in [1.82, 2.24) is 5.32 Å². The Morgan fingerprint density at radius 1 is 1.35 bits per heavy atom. The number of likely N-dealkylation sites (N-methyl/N-ethyl adjacent to an activating group) is 1. The van der Waals surface area contributed by atoms with Gasteiger partial charge in [-0.05, 0) is 70.5 Å². The van der Waals surface area contributed by atoms with E-state index in [0.717, 1.165) is 20.3 Å². The lowest BCUT2D eigenvalue weighted by Crippen LogP contribution is -2.17. The average molecular weight is 363 g/mol. The molecule has 0 amide bonds. The first-order chi connectivity index (χ1) is 8.08. The third-order valence-corrected chi connectivity index (χ3v) is 3.52. The standard InChI is InChI=1S/C13H17Br2NO/c1-4-17-13-11(14)7-10(8-12(13)15)6-5-9(2)16-3/h5-9,16H,4H2,1-3H3/b6-5+. The zero-order chi connectivity index (χ0) is 12.8. The van der Waals surface area contributed by atoms with E-state index in [1.54, 1.807) is 0 Å². The summed E-state index contributed by atoms with van der Waals surface area (Å²) in [4.78, 5) is 0. The fourth-order valence-electron chi connectivity index (χ4n) is 1.31. The maximum atomic E-state index is 5.54. The van der Waals surface area contributed by atoms with E-state index in [-0.39, 0.29) is 0 Å². The summed E-state index contributed by atoms with van der Waals surface area (Å²) in [5.41, 5.74) is 1.13. The number of benzene rings is 1. The Balaban J connectivity index is 2.94. The number of nitrogens with one attached hydrogen (secondary N) is 1. The van der Waals surface area contributed by atoms with Gasteiger partial charge in [-0.2, -0.15) is 0 Å². The van der Waals surface area contributed by atoms with Gasteiger partial charge >= 0.3 is 0 Å². The topological polar surface area (TPSA) is 21.3 Å².